The van der Waals surface area contributed by atoms with Crippen molar-refractivity contribution in [1.29, 1.82) is 0 Å². The van der Waals surface area contributed by atoms with Crippen LogP contribution >= 0.6 is 0 Å². The van der Waals surface area contributed by atoms with E-state index < -0.39 is 0 Å². The molecule has 0 bridgehead atoms. The fourth-order valence-electron chi connectivity index (χ4n) is 3.04. The van der Waals surface area contributed by atoms with Crippen molar-refractivity contribution in [2.24, 2.45) is 0 Å². The Bertz CT molecular complexity index is 630. The first-order chi connectivity index (χ1) is 9.31. The molecule has 3 rings (SSSR count). The van der Waals surface area contributed by atoms with Crippen LogP contribution in [-0.4, -0.2) is 7.05 Å². The molecule has 1 aliphatic carbocycles. The van der Waals surface area contributed by atoms with Crippen LogP contribution in [0, 0.1) is 5.82 Å². The van der Waals surface area contributed by atoms with Gasteiger partial charge in [0.05, 0.1) is 6.04 Å². The molecule has 0 saturated carbocycles. The predicted molar refractivity (Wildman–Crippen MR) is 77.6 cm³/mol. The lowest BCUT2D eigenvalue weighted by molar-refractivity contribution is 0.633. The molecule has 2 heteroatoms. The predicted octanol–water partition coefficient (Wildman–Crippen LogP) is 4.35. The third-order valence-corrected chi connectivity index (χ3v) is 3.95. The van der Waals surface area contributed by atoms with Gasteiger partial charge in [-0.2, -0.15) is 0 Å². The van der Waals surface area contributed by atoms with E-state index in [4.69, 9.17) is 0 Å². The third kappa shape index (κ3) is 2.17. The van der Waals surface area contributed by atoms with Crippen LogP contribution in [0.2, 0.25) is 0 Å². The Kier molecular flexibility index (Phi) is 3.34. The first-order valence-corrected chi connectivity index (χ1v) is 6.84. The first kappa shape index (κ1) is 12.4. The highest BCUT2D eigenvalue weighted by atomic mass is 19.1. The van der Waals surface area contributed by atoms with Crippen LogP contribution in [0.5, 0.6) is 0 Å². The quantitative estimate of drug-likeness (QED) is 0.804. The van der Waals surface area contributed by atoms with E-state index in [1.165, 1.54) is 17.6 Å². The summed E-state index contributed by atoms with van der Waals surface area (Å²) < 4.78 is 13.9. The maximum Gasteiger partial charge on any atom is 0.131 e. The largest absolute Gasteiger partial charge is 0.310 e. The topological polar surface area (TPSA) is 12.0 Å². The molecule has 2 aromatic rings. The van der Waals surface area contributed by atoms with E-state index in [-0.39, 0.29) is 11.9 Å². The SMILES string of the molecule is CNC(C1=CCCC1)c1ccc(F)c2ccccc12. The summed E-state index contributed by atoms with van der Waals surface area (Å²) in [5.74, 6) is -0.144. The molecule has 1 unspecified atom stereocenters. The molecule has 0 spiro atoms. The minimum Gasteiger partial charge on any atom is -0.310 e. The molecule has 1 nitrogen and oxygen atoms in total. The zero-order valence-electron chi connectivity index (χ0n) is 11.1. The van der Waals surface area contributed by atoms with Crippen LogP contribution in [0.25, 0.3) is 10.8 Å². The van der Waals surface area contributed by atoms with Crippen LogP contribution in [-0.2, 0) is 0 Å². The molecule has 1 atom stereocenters. The number of hydrogen-bond donors (Lipinski definition) is 1. The van der Waals surface area contributed by atoms with Crippen molar-refractivity contribution in [3.8, 4) is 0 Å². The molecule has 0 radical (unpaired) electrons. The Balaban J connectivity index is 2.16. The highest BCUT2D eigenvalue weighted by molar-refractivity contribution is 5.87. The number of rotatable bonds is 3. The molecule has 19 heavy (non-hydrogen) atoms. The summed E-state index contributed by atoms with van der Waals surface area (Å²) in [6, 6.07) is 11.4. The average Bonchev–Trinajstić information content (AvgIpc) is 2.96. The van der Waals surface area contributed by atoms with Gasteiger partial charge in [0.15, 0.2) is 0 Å². The molecule has 0 saturated heterocycles. The van der Waals surface area contributed by atoms with Gasteiger partial charge in [0, 0.05) is 5.39 Å². The van der Waals surface area contributed by atoms with Gasteiger partial charge in [-0.05, 0) is 43.3 Å². The average molecular weight is 255 g/mol. The molecule has 0 aliphatic heterocycles. The normalized spacial score (nSPS) is 16.6. The van der Waals surface area contributed by atoms with Crippen molar-refractivity contribution in [2.45, 2.75) is 25.3 Å². The second kappa shape index (κ2) is 5.14. The zero-order chi connectivity index (χ0) is 13.2. The van der Waals surface area contributed by atoms with E-state index in [0.29, 0.717) is 5.39 Å². The summed E-state index contributed by atoms with van der Waals surface area (Å²) in [6.45, 7) is 0. The van der Waals surface area contributed by atoms with Crippen LogP contribution in [0.3, 0.4) is 0 Å². The van der Waals surface area contributed by atoms with Crippen molar-refractivity contribution in [3.63, 3.8) is 0 Å². The second-order valence-electron chi connectivity index (χ2n) is 5.08. The number of likely N-dealkylation sites (N-methyl/N-ethyl adjacent to an activating group) is 1. The summed E-state index contributed by atoms with van der Waals surface area (Å²) in [5, 5.41) is 5.10. The number of fused-ring (bicyclic) bond motifs is 1. The molecule has 0 aromatic heterocycles. The summed E-state index contributed by atoms with van der Waals surface area (Å²) in [6.07, 6.45) is 5.84. The Morgan fingerprint density at radius 2 is 1.89 bits per heavy atom. The van der Waals surface area contributed by atoms with Crippen LogP contribution in [0.1, 0.15) is 30.9 Å². The van der Waals surface area contributed by atoms with Crippen molar-refractivity contribution in [3.05, 3.63) is 59.4 Å². The number of hydrogen-bond acceptors (Lipinski definition) is 1. The molecule has 0 fully saturated rings. The van der Waals surface area contributed by atoms with E-state index in [9.17, 15) is 4.39 Å². The van der Waals surface area contributed by atoms with E-state index in [0.717, 1.165) is 18.2 Å². The standard InChI is InChI=1S/C17H18FN/c1-19-17(12-6-2-3-7-12)15-10-11-16(18)14-9-5-4-8-13(14)15/h4-6,8-11,17,19H,2-3,7H2,1H3. The fraction of sp³-hybridized carbons (Fsp3) is 0.294. The third-order valence-electron chi connectivity index (χ3n) is 3.95. The van der Waals surface area contributed by atoms with Gasteiger partial charge < -0.3 is 5.32 Å². The summed E-state index contributed by atoms with van der Waals surface area (Å²) in [5.41, 5.74) is 2.60. The molecule has 0 heterocycles. The maximum absolute atomic E-state index is 13.9. The van der Waals surface area contributed by atoms with Gasteiger partial charge in [-0.25, -0.2) is 4.39 Å². The smallest absolute Gasteiger partial charge is 0.131 e. The highest BCUT2D eigenvalue weighted by Crippen LogP contribution is 2.34. The van der Waals surface area contributed by atoms with Crippen LogP contribution in [0.4, 0.5) is 4.39 Å². The van der Waals surface area contributed by atoms with Gasteiger partial charge in [0.1, 0.15) is 5.82 Å². The Labute approximate surface area is 113 Å². The Morgan fingerprint density at radius 3 is 2.58 bits per heavy atom. The van der Waals surface area contributed by atoms with E-state index >= 15 is 0 Å². The molecular formula is C17H18FN. The first-order valence-electron chi connectivity index (χ1n) is 6.84. The van der Waals surface area contributed by atoms with Crippen LogP contribution in [0.15, 0.2) is 48.0 Å². The van der Waals surface area contributed by atoms with Gasteiger partial charge in [0.25, 0.3) is 0 Å². The van der Waals surface area contributed by atoms with Gasteiger partial charge in [-0.15, -0.1) is 0 Å². The van der Waals surface area contributed by atoms with E-state index in [1.807, 2.05) is 37.4 Å². The lowest BCUT2D eigenvalue weighted by Gasteiger charge is -2.20. The maximum atomic E-state index is 13.9. The van der Waals surface area contributed by atoms with Crippen LogP contribution < -0.4 is 5.32 Å². The lowest BCUT2D eigenvalue weighted by atomic mass is 9.93. The molecule has 1 aliphatic rings. The van der Waals surface area contributed by atoms with Gasteiger partial charge in [-0.3, -0.25) is 0 Å². The van der Waals surface area contributed by atoms with Gasteiger partial charge in [0.2, 0.25) is 0 Å². The summed E-state index contributed by atoms with van der Waals surface area (Å²) >= 11 is 0. The summed E-state index contributed by atoms with van der Waals surface area (Å²) in [7, 11) is 1.97. The van der Waals surface area contributed by atoms with Crippen molar-refractivity contribution in [2.75, 3.05) is 7.05 Å². The molecule has 0 amide bonds. The monoisotopic (exact) mass is 255 g/mol. The Hall–Kier alpha value is -1.67. The number of allylic oxidation sites excluding steroid dienone is 1. The second-order valence-corrected chi connectivity index (χ2v) is 5.08. The number of nitrogens with one attached hydrogen (secondary N) is 1. The highest BCUT2D eigenvalue weighted by Gasteiger charge is 2.19. The van der Waals surface area contributed by atoms with Crippen molar-refractivity contribution < 1.29 is 4.39 Å². The van der Waals surface area contributed by atoms with Gasteiger partial charge >= 0.3 is 0 Å². The van der Waals surface area contributed by atoms with E-state index in [2.05, 4.69) is 11.4 Å². The fourth-order valence-corrected chi connectivity index (χ4v) is 3.04. The lowest BCUT2D eigenvalue weighted by Crippen LogP contribution is -2.18. The summed E-state index contributed by atoms with van der Waals surface area (Å²) in [4.78, 5) is 0. The molecular weight excluding hydrogens is 237 g/mol. The van der Waals surface area contributed by atoms with Crippen molar-refractivity contribution >= 4 is 10.8 Å². The minimum atomic E-state index is -0.144. The van der Waals surface area contributed by atoms with Crippen molar-refractivity contribution in [1.82, 2.24) is 5.32 Å². The molecule has 1 N–H and O–H groups in total. The molecule has 98 valence electrons. The number of benzene rings is 2. The molecule has 2 aromatic carbocycles. The van der Waals surface area contributed by atoms with E-state index in [1.54, 1.807) is 6.07 Å². The number of halogens is 1. The zero-order valence-corrected chi connectivity index (χ0v) is 11.1. The van der Waals surface area contributed by atoms with Gasteiger partial charge in [-0.1, -0.05) is 42.0 Å². The Morgan fingerprint density at radius 1 is 1.11 bits per heavy atom. The minimum absolute atomic E-state index is 0.144.